The van der Waals surface area contributed by atoms with E-state index < -0.39 is 27.8 Å². The van der Waals surface area contributed by atoms with Gasteiger partial charge in [-0.05, 0) is 34.9 Å². The average Bonchev–Trinajstić information content (AvgIpc) is 3.11. The highest BCUT2D eigenvalue weighted by Gasteiger charge is 2.28. The van der Waals surface area contributed by atoms with E-state index in [1.165, 1.54) is 6.07 Å². The van der Waals surface area contributed by atoms with Crippen LogP contribution in [-0.4, -0.2) is 19.9 Å². The number of nitrogens with zero attached hydrogens (tertiary/aromatic N) is 1. The molecule has 0 spiro atoms. The fourth-order valence-electron chi connectivity index (χ4n) is 4.44. The first-order valence-electron chi connectivity index (χ1n) is 11.0. The van der Waals surface area contributed by atoms with E-state index in [1.54, 1.807) is 23.9 Å². The number of aliphatic hydroxyl groups excluding tert-OH is 1. The van der Waals surface area contributed by atoms with Crippen molar-refractivity contribution in [2.45, 2.75) is 23.6 Å². The van der Waals surface area contributed by atoms with Gasteiger partial charge < -0.3 is 15.0 Å². The van der Waals surface area contributed by atoms with E-state index in [0.717, 1.165) is 28.5 Å². The molecule has 6 nitrogen and oxygen atoms in total. The summed E-state index contributed by atoms with van der Waals surface area (Å²) in [5.74, 6) is -2.03. The van der Waals surface area contributed by atoms with Crippen LogP contribution in [0.4, 0.5) is 14.5 Å². The van der Waals surface area contributed by atoms with Crippen molar-refractivity contribution in [2.75, 3.05) is 5.32 Å². The van der Waals surface area contributed by atoms with Crippen LogP contribution in [0.5, 0.6) is 0 Å². The monoisotopic (exact) mass is 494 g/mol. The Hall–Kier alpha value is -3.53. The van der Waals surface area contributed by atoms with Gasteiger partial charge in [-0.1, -0.05) is 54.6 Å². The lowest BCUT2D eigenvalue weighted by Crippen LogP contribution is -2.33. The molecule has 0 amide bonds. The third-order valence-corrected chi connectivity index (χ3v) is 7.69. The lowest BCUT2D eigenvalue weighted by Gasteiger charge is -2.17. The third kappa shape index (κ3) is 4.58. The molecule has 1 aliphatic heterocycles. The SMILES string of the molecule is Cn1cc2c(c1C(O)Nc1ccc(F)c(F)c1)C=C[C@@H](Cc1ccc3ccccc3c1)NS2(=N)=O. The fraction of sp³-hybridized carbons (Fsp3) is 0.154. The number of aryl methyl sites for hydroxylation is 1. The first-order valence-corrected chi connectivity index (χ1v) is 12.6. The number of anilines is 1. The van der Waals surface area contributed by atoms with Gasteiger partial charge in [-0.2, -0.15) is 0 Å². The molecule has 1 aliphatic rings. The minimum atomic E-state index is -3.39. The van der Waals surface area contributed by atoms with Crippen LogP contribution in [0.1, 0.15) is 23.0 Å². The molecule has 5 rings (SSSR count). The minimum Gasteiger partial charge on any atom is -0.368 e. The maximum absolute atomic E-state index is 13.6. The molecule has 2 unspecified atom stereocenters. The van der Waals surface area contributed by atoms with Gasteiger partial charge in [-0.25, -0.2) is 22.5 Å². The highest BCUT2D eigenvalue weighted by Crippen LogP contribution is 2.32. The molecular weight excluding hydrogens is 470 g/mol. The maximum atomic E-state index is 13.6. The van der Waals surface area contributed by atoms with Gasteiger partial charge in [-0.15, -0.1) is 0 Å². The number of rotatable bonds is 5. The summed E-state index contributed by atoms with van der Waals surface area (Å²) in [6, 6.07) is 17.0. The molecule has 9 heteroatoms. The molecule has 0 saturated heterocycles. The predicted molar refractivity (Wildman–Crippen MR) is 133 cm³/mol. The van der Waals surface area contributed by atoms with Gasteiger partial charge in [0.2, 0.25) is 0 Å². The van der Waals surface area contributed by atoms with Crippen LogP contribution < -0.4 is 10.0 Å². The Balaban J connectivity index is 1.44. The van der Waals surface area contributed by atoms with Crippen molar-refractivity contribution in [3.8, 4) is 0 Å². The van der Waals surface area contributed by atoms with Crippen LogP contribution in [0.15, 0.2) is 77.8 Å². The third-order valence-electron chi connectivity index (χ3n) is 6.11. The zero-order chi connectivity index (χ0) is 24.7. The molecule has 4 aromatic rings. The number of fused-ring (bicyclic) bond motifs is 2. The van der Waals surface area contributed by atoms with E-state index in [9.17, 15) is 18.1 Å². The first-order chi connectivity index (χ1) is 16.7. The quantitative estimate of drug-likeness (QED) is 0.291. The average molecular weight is 495 g/mol. The van der Waals surface area contributed by atoms with E-state index in [0.29, 0.717) is 17.7 Å². The van der Waals surface area contributed by atoms with Gasteiger partial charge in [0.15, 0.2) is 17.9 Å². The molecule has 3 aromatic carbocycles. The van der Waals surface area contributed by atoms with Crippen molar-refractivity contribution in [2.24, 2.45) is 7.05 Å². The largest absolute Gasteiger partial charge is 0.368 e. The van der Waals surface area contributed by atoms with Gasteiger partial charge in [0.05, 0.1) is 10.6 Å². The Morgan fingerprint density at radius 2 is 1.89 bits per heavy atom. The highest BCUT2D eigenvalue weighted by molar-refractivity contribution is 7.90. The molecule has 35 heavy (non-hydrogen) atoms. The Labute approximate surface area is 202 Å². The number of hydrogen-bond acceptors (Lipinski definition) is 4. The second-order valence-electron chi connectivity index (χ2n) is 8.60. The summed E-state index contributed by atoms with van der Waals surface area (Å²) in [5, 5.41) is 15.8. The van der Waals surface area contributed by atoms with Gasteiger partial charge in [-0.3, -0.25) is 0 Å². The topological polar surface area (TPSA) is 90.1 Å². The summed E-state index contributed by atoms with van der Waals surface area (Å²) in [4.78, 5) is 0.249. The molecule has 0 saturated carbocycles. The summed E-state index contributed by atoms with van der Waals surface area (Å²) in [6.07, 6.45) is 4.35. The molecule has 180 valence electrons. The minimum absolute atomic E-state index is 0.183. The molecule has 0 fully saturated rings. The Kier molecular flexibility index (Phi) is 5.92. The van der Waals surface area contributed by atoms with Gasteiger partial charge >= 0.3 is 0 Å². The van der Waals surface area contributed by atoms with E-state index in [4.69, 9.17) is 4.78 Å². The number of aromatic nitrogens is 1. The lowest BCUT2D eigenvalue weighted by molar-refractivity contribution is 0.199. The van der Waals surface area contributed by atoms with Gasteiger partial charge in [0.1, 0.15) is 9.92 Å². The van der Waals surface area contributed by atoms with E-state index in [1.807, 2.05) is 42.5 Å². The number of halogens is 2. The Morgan fingerprint density at radius 3 is 2.66 bits per heavy atom. The van der Waals surface area contributed by atoms with Crippen molar-refractivity contribution >= 4 is 32.5 Å². The van der Waals surface area contributed by atoms with E-state index >= 15 is 0 Å². The zero-order valence-corrected chi connectivity index (χ0v) is 19.7. The van der Waals surface area contributed by atoms with Crippen LogP contribution in [-0.2, 0) is 23.4 Å². The predicted octanol–water partition coefficient (Wildman–Crippen LogP) is 5.11. The lowest BCUT2D eigenvalue weighted by atomic mass is 10.0. The van der Waals surface area contributed by atoms with Crippen LogP contribution in [0.25, 0.3) is 16.8 Å². The van der Waals surface area contributed by atoms with Crippen molar-refractivity contribution in [1.82, 2.24) is 9.29 Å². The van der Waals surface area contributed by atoms with Crippen LogP contribution in [0.3, 0.4) is 0 Å². The number of hydrogen-bond donors (Lipinski definition) is 4. The standard InChI is InChI=1S/C26H24F2N4O2S/c1-32-15-24-21(25(32)26(33)30-19-9-11-22(27)23(28)14-19)10-8-20(31-35(24,29)34)13-16-6-7-17-4-2-3-5-18(17)12-16/h2-12,14-15,20,26,30,33H,13H2,1H3,(H2,29,31,34)/t20-,26?,35?/m0/s1. The second kappa shape index (κ2) is 8.92. The number of nitrogens with one attached hydrogen (secondary N) is 3. The Morgan fingerprint density at radius 1 is 1.11 bits per heavy atom. The molecule has 3 atom stereocenters. The van der Waals surface area contributed by atoms with Gasteiger partial charge in [0.25, 0.3) is 0 Å². The molecule has 0 bridgehead atoms. The molecule has 0 radical (unpaired) electrons. The smallest absolute Gasteiger partial charge is 0.166 e. The summed E-state index contributed by atoms with van der Waals surface area (Å²) in [6.45, 7) is 0. The van der Waals surface area contributed by atoms with Crippen LogP contribution >= 0.6 is 0 Å². The van der Waals surface area contributed by atoms with E-state index in [-0.39, 0.29) is 16.6 Å². The van der Waals surface area contributed by atoms with Crippen molar-refractivity contribution in [3.63, 3.8) is 0 Å². The fourth-order valence-corrected chi connectivity index (χ4v) is 5.94. The maximum Gasteiger partial charge on any atom is 0.166 e. The first kappa shape index (κ1) is 23.2. The highest BCUT2D eigenvalue weighted by atomic mass is 32.2. The number of benzene rings is 3. The summed E-state index contributed by atoms with van der Waals surface area (Å²) in [7, 11) is -1.73. The number of aliphatic hydroxyl groups is 1. The van der Waals surface area contributed by atoms with Crippen molar-refractivity contribution in [3.05, 3.63) is 101 Å². The molecule has 2 heterocycles. The van der Waals surface area contributed by atoms with Crippen LogP contribution in [0, 0.1) is 16.4 Å². The summed E-state index contributed by atoms with van der Waals surface area (Å²) in [5.41, 5.74) is 2.02. The summed E-state index contributed by atoms with van der Waals surface area (Å²) < 4.78 is 53.4. The normalized spacial score (nSPS) is 20.4. The van der Waals surface area contributed by atoms with Gasteiger partial charge in [0, 0.05) is 36.6 Å². The molecular formula is C26H24F2N4O2S. The molecule has 4 N–H and O–H groups in total. The summed E-state index contributed by atoms with van der Waals surface area (Å²) >= 11 is 0. The second-order valence-corrected chi connectivity index (χ2v) is 10.4. The van der Waals surface area contributed by atoms with E-state index in [2.05, 4.69) is 16.1 Å². The van der Waals surface area contributed by atoms with Crippen molar-refractivity contribution in [1.29, 1.82) is 4.78 Å². The molecule has 1 aromatic heterocycles. The van der Waals surface area contributed by atoms with Crippen molar-refractivity contribution < 1.29 is 18.1 Å². The Bertz CT molecular complexity index is 1560. The van der Waals surface area contributed by atoms with Crippen LogP contribution in [0.2, 0.25) is 0 Å². The zero-order valence-electron chi connectivity index (χ0n) is 18.8. The molecule has 0 aliphatic carbocycles.